The molecule has 0 unspecified atom stereocenters. The molecule has 0 heterocycles. The van der Waals surface area contributed by atoms with E-state index < -0.39 is 11.9 Å². The van der Waals surface area contributed by atoms with Gasteiger partial charge in [-0.3, -0.25) is 0 Å². The van der Waals surface area contributed by atoms with E-state index in [1.165, 1.54) is 0 Å². The Labute approximate surface area is 218 Å². The maximum absolute atomic E-state index is 11.4. The zero-order valence-corrected chi connectivity index (χ0v) is 21.6. The Morgan fingerprint density at radius 3 is 1.57 bits per heavy atom. The van der Waals surface area contributed by atoms with Crippen molar-refractivity contribution in [1.29, 1.82) is 0 Å². The van der Waals surface area contributed by atoms with Crippen molar-refractivity contribution in [1.82, 2.24) is 0 Å². The summed E-state index contributed by atoms with van der Waals surface area (Å²) in [6.45, 7) is 14.1. The van der Waals surface area contributed by atoms with Crippen molar-refractivity contribution in [2.24, 2.45) is 0 Å². The van der Waals surface area contributed by atoms with E-state index in [0.29, 0.717) is 52.0 Å². The zero-order chi connectivity index (χ0) is 26.9. The molecular formula is C29H36O8. The van der Waals surface area contributed by atoms with E-state index in [-0.39, 0.29) is 12.0 Å². The minimum atomic E-state index is -0.481. The Bertz CT molecular complexity index is 980. The van der Waals surface area contributed by atoms with Gasteiger partial charge in [-0.1, -0.05) is 51.3 Å². The van der Waals surface area contributed by atoms with Crippen LogP contribution < -0.4 is 9.47 Å². The third-order valence-corrected chi connectivity index (χ3v) is 5.42. The molecule has 200 valence electrons. The maximum Gasteiger partial charge on any atom is 0.335 e. The van der Waals surface area contributed by atoms with E-state index in [2.05, 4.69) is 27.0 Å². The number of esters is 2. The second-order valence-corrected chi connectivity index (χ2v) is 8.36. The number of carbonyl (C=O) groups is 2. The van der Waals surface area contributed by atoms with Gasteiger partial charge in [0.25, 0.3) is 0 Å². The summed E-state index contributed by atoms with van der Waals surface area (Å²) in [5.74, 6) is 0.306. The predicted molar refractivity (Wildman–Crippen MR) is 140 cm³/mol. The van der Waals surface area contributed by atoms with E-state index in [9.17, 15) is 9.59 Å². The van der Waals surface area contributed by atoms with Crippen LogP contribution >= 0.6 is 0 Å². The smallest absolute Gasteiger partial charge is 0.335 e. The van der Waals surface area contributed by atoms with Crippen LogP contribution in [0.25, 0.3) is 0 Å². The molecule has 0 aromatic heterocycles. The molecule has 0 fully saturated rings. The Balaban J connectivity index is 1.60. The van der Waals surface area contributed by atoms with Gasteiger partial charge in [0, 0.05) is 17.6 Å². The molecule has 0 spiro atoms. The van der Waals surface area contributed by atoms with Gasteiger partial charge in [0.2, 0.25) is 0 Å². The Kier molecular flexibility index (Phi) is 13.1. The van der Waals surface area contributed by atoms with Crippen LogP contribution in [-0.4, -0.2) is 64.8 Å². The van der Waals surface area contributed by atoms with E-state index in [4.69, 9.17) is 28.4 Å². The second-order valence-electron chi connectivity index (χ2n) is 8.36. The summed E-state index contributed by atoms with van der Waals surface area (Å²) in [5, 5.41) is 0. The molecule has 2 aromatic carbocycles. The SMILES string of the molecule is C=CC(=O)OCCOCCOCCOCCOc1ccc(C(C)(C)c2ccc(OC(=O)C=C)cc2)cc1. The molecule has 0 atom stereocenters. The molecule has 0 aliphatic heterocycles. The highest BCUT2D eigenvalue weighted by Crippen LogP contribution is 2.33. The summed E-state index contributed by atoms with van der Waals surface area (Å²) in [6, 6.07) is 15.4. The van der Waals surface area contributed by atoms with Gasteiger partial charge in [-0.25, -0.2) is 9.59 Å². The van der Waals surface area contributed by atoms with E-state index >= 15 is 0 Å². The van der Waals surface area contributed by atoms with Crippen LogP contribution in [-0.2, 0) is 34.0 Å². The average molecular weight is 513 g/mol. The van der Waals surface area contributed by atoms with Crippen LogP contribution in [0.3, 0.4) is 0 Å². The third kappa shape index (κ3) is 11.0. The highest BCUT2D eigenvalue weighted by atomic mass is 16.6. The van der Waals surface area contributed by atoms with Gasteiger partial charge < -0.3 is 28.4 Å². The van der Waals surface area contributed by atoms with Crippen LogP contribution in [0.1, 0.15) is 25.0 Å². The number of ether oxygens (including phenoxy) is 6. The van der Waals surface area contributed by atoms with Gasteiger partial charge in [0.05, 0.1) is 39.6 Å². The Morgan fingerprint density at radius 1 is 0.649 bits per heavy atom. The number of carbonyl (C=O) groups excluding carboxylic acids is 2. The zero-order valence-electron chi connectivity index (χ0n) is 21.6. The van der Waals surface area contributed by atoms with Gasteiger partial charge in [0.1, 0.15) is 24.7 Å². The van der Waals surface area contributed by atoms with Crippen molar-refractivity contribution in [2.75, 3.05) is 52.9 Å². The minimum absolute atomic E-state index is 0.193. The first-order chi connectivity index (χ1) is 17.9. The van der Waals surface area contributed by atoms with Crippen molar-refractivity contribution in [2.45, 2.75) is 19.3 Å². The summed E-state index contributed by atoms with van der Waals surface area (Å²) in [4.78, 5) is 22.2. The lowest BCUT2D eigenvalue weighted by Crippen LogP contribution is -2.19. The average Bonchev–Trinajstić information content (AvgIpc) is 2.91. The fraction of sp³-hybridized carbons (Fsp3) is 0.379. The van der Waals surface area contributed by atoms with Crippen LogP contribution in [0.2, 0.25) is 0 Å². The lowest BCUT2D eigenvalue weighted by molar-refractivity contribution is -0.139. The largest absolute Gasteiger partial charge is 0.491 e. The standard InChI is InChI=1S/C29H36O8/c1-5-27(30)36-22-20-34-18-16-32-15-17-33-19-21-35-25-11-7-23(8-12-25)29(3,4)24-9-13-26(14-10-24)37-28(31)6-2/h5-14H,1-2,15-22H2,3-4H3. The summed E-state index contributed by atoms with van der Waals surface area (Å²) in [5.41, 5.74) is 1.98. The van der Waals surface area contributed by atoms with E-state index in [0.717, 1.165) is 29.0 Å². The van der Waals surface area contributed by atoms with Gasteiger partial charge in [-0.15, -0.1) is 0 Å². The highest BCUT2D eigenvalue weighted by Gasteiger charge is 2.23. The molecule has 0 bridgehead atoms. The normalized spacial score (nSPS) is 11.0. The fourth-order valence-electron chi connectivity index (χ4n) is 3.25. The van der Waals surface area contributed by atoms with Crippen molar-refractivity contribution >= 4 is 11.9 Å². The van der Waals surface area contributed by atoms with Gasteiger partial charge in [-0.2, -0.15) is 0 Å². The lowest BCUT2D eigenvalue weighted by Gasteiger charge is -2.26. The summed E-state index contributed by atoms with van der Waals surface area (Å²) in [6.07, 6.45) is 2.25. The quantitative estimate of drug-likeness (QED) is 0.127. The fourth-order valence-corrected chi connectivity index (χ4v) is 3.25. The topological polar surface area (TPSA) is 89.5 Å². The maximum atomic E-state index is 11.4. The van der Waals surface area contributed by atoms with Crippen LogP contribution in [0.5, 0.6) is 11.5 Å². The Morgan fingerprint density at radius 2 is 1.08 bits per heavy atom. The van der Waals surface area contributed by atoms with Gasteiger partial charge in [-0.05, 0) is 35.4 Å². The molecule has 0 N–H and O–H groups in total. The third-order valence-electron chi connectivity index (χ3n) is 5.42. The molecule has 0 saturated heterocycles. The molecular weight excluding hydrogens is 476 g/mol. The number of hydrogen-bond acceptors (Lipinski definition) is 8. The summed E-state index contributed by atoms with van der Waals surface area (Å²) in [7, 11) is 0. The van der Waals surface area contributed by atoms with Crippen molar-refractivity contribution in [3.05, 3.63) is 85.0 Å². The van der Waals surface area contributed by atoms with Crippen molar-refractivity contribution in [3.63, 3.8) is 0 Å². The first-order valence-electron chi connectivity index (χ1n) is 12.1. The lowest BCUT2D eigenvalue weighted by atomic mass is 9.78. The summed E-state index contributed by atoms with van der Waals surface area (Å²) >= 11 is 0. The van der Waals surface area contributed by atoms with Gasteiger partial charge in [0.15, 0.2) is 0 Å². The van der Waals surface area contributed by atoms with E-state index in [1.807, 2.05) is 36.4 Å². The molecule has 0 amide bonds. The van der Waals surface area contributed by atoms with E-state index in [1.54, 1.807) is 12.1 Å². The molecule has 0 aliphatic rings. The molecule has 2 rings (SSSR count). The first-order valence-corrected chi connectivity index (χ1v) is 12.1. The predicted octanol–water partition coefficient (Wildman–Crippen LogP) is 4.26. The van der Waals surface area contributed by atoms with Crippen molar-refractivity contribution in [3.8, 4) is 11.5 Å². The van der Waals surface area contributed by atoms with Crippen LogP contribution in [0.4, 0.5) is 0 Å². The summed E-state index contributed by atoms with van der Waals surface area (Å²) < 4.78 is 31.9. The number of rotatable bonds is 18. The number of benzene rings is 2. The molecule has 0 radical (unpaired) electrons. The molecule has 2 aromatic rings. The molecule has 8 nitrogen and oxygen atoms in total. The molecule has 8 heteroatoms. The minimum Gasteiger partial charge on any atom is -0.491 e. The highest BCUT2D eigenvalue weighted by molar-refractivity contribution is 5.83. The molecule has 37 heavy (non-hydrogen) atoms. The van der Waals surface area contributed by atoms with Crippen LogP contribution in [0, 0.1) is 0 Å². The molecule has 0 aliphatic carbocycles. The Hall–Kier alpha value is -3.46. The van der Waals surface area contributed by atoms with Crippen LogP contribution in [0.15, 0.2) is 73.8 Å². The number of hydrogen-bond donors (Lipinski definition) is 0. The molecule has 0 saturated carbocycles. The second kappa shape index (κ2) is 16.3. The van der Waals surface area contributed by atoms with Gasteiger partial charge >= 0.3 is 11.9 Å². The van der Waals surface area contributed by atoms with Crippen molar-refractivity contribution < 1.29 is 38.0 Å². The monoisotopic (exact) mass is 512 g/mol. The first kappa shape index (κ1) is 29.8.